The van der Waals surface area contributed by atoms with Crippen molar-refractivity contribution in [2.45, 2.75) is 11.4 Å². The van der Waals surface area contributed by atoms with Crippen molar-refractivity contribution in [3.05, 3.63) is 94.5 Å². The molecule has 0 saturated heterocycles. The number of amides is 1. The van der Waals surface area contributed by atoms with E-state index in [1.807, 2.05) is 18.2 Å². The summed E-state index contributed by atoms with van der Waals surface area (Å²) in [5, 5.41) is 2.67. The number of carbonyl (C=O) groups excluding carboxylic acids is 2. The summed E-state index contributed by atoms with van der Waals surface area (Å²) in [5.74, 6) is -0.995. The number of nitrogens with zero attached hydrogens (tertiary/aromatic N) is 1. The summed E-state index contributed by atoms with van der Waals surface area (Å²) in [7, 11) is -2.65. The van der Waals surface area contributed by atoms with Crippen molar-refractivity contribution in [1.82, 2.24) is 4.31 Å². The molecule has 0 saturated carbocycles. The van der Waals surface area contributed by atoms with E-state index >= 15 is 0 Å². The van der Waals surface area contributed by atoms with Crippen LogP contribution in [0.3, 0.4) is 0 Å². The topological polar surface area (TPSA) is 92.8 Å². The molecule has 0 bridgehead atoms. The Kier molecular flexibility index (Phi) is 7.79. The molecule has 7 nitrogen and oxygen atoms in total. The molecule has 166 valence electrons. The van der Waals surface area contributed by atoms with E-state index in [4.69, 9.17) is 0 Å². The summed E-state index contributed by atoms with van der Waals surface area (Å²) >= 11 is 3.30. The molecule has 0 aliphatic heterocycles. The van der Waals surface area contributed by atoms with Gasteiger partial charge >= 0.3 is 5.97 Å². The Hall–Kier alpha value is -3.01. The minimum Gasteiger partial charge on any atom is -0.465 e. The quantitative estimate of drug-likeness (QED) is 0.455. The van der Waals surface area contributed by atoms with Gasteiger partial charge in [-0.3, -0.25) is 4.79 Å². The zero-order valence-corrected chi connectivity index (χ0v) is 19.6. The molecule has 3 aromatic carbocycles. The summed E-state index contributed by atoms with van der Waals surface area (Å²) in [6.45, 7) is -0.347. The maximum atomic E-state index is 13.3. The average Bonchev–Trinajstić information content (AvgIpc) is 2.79. The highest BCUT2D eigenvalue weighted by Crippen LogP contribution is 2.21. The number of ether oxygens (including phenoxy) is 1. The molecule has 0 aliphatic carbocycles. The Balaban J connectivity index is 1.81. The highest BCUT2D eigenvalue weighted by molar-refractivity contribution is 9.10. The van der Waals surface area contributed by atoms with Gasteiger partial charge in [-0.1, -0.05) is 46.3 Å². The summed E-state index contributed by atoms with van der Waals surface area (Å²) in [6, 6.07) is 21.4. The van der Waals surface area contributed by atoms with Crippen molar-refractivity contribution in [3.8, 4) is 0 Å². The van der Waals surface area contributed by atoms with Gasteiger partial charge in [0.15, 0.2) is 0 Å². The van der Waals surface area contributed by atoms with Crippen LogP contribution in [-0.2, 0) is 26.1 Å². The van der Waals surface area contributed by atoms with Gasteiger partial charge in [0.05, 0.1) is 24.1 Å². The van der Waals surface area contributed by atoms with Crippen LogP contribution in [0, 0.1) is 0 Å². The molecule has 0 fully saturated rings. The minimum atomic E-state index is -3.93. The molecular formula is C23H21BrN2O5S. The van der Waals surface area contributed by atoms with Crippen molar-refractivity contribution < 1.29 is 22.7 Å². The van der Waals surface area contributed by atoms with Crippen LogP contribution in [0.5, 0.6) is 0 Å². The molecule has 3 rings (SSSR count). The molecule has 1 N–H and O–H groups in total. The second-order valence-electron chi connectivity index (χ2n) is 6.83. The number of sulfonamides is 1. The van der Waals surface area contributed by atoms with E-state index in [2.05, 4.69) is 26.0 Å². The van der Waals surface area contributed by atoms with Crippen LogP contribution >= 0.6 is 15.9 Å². The van der Waals surface area contributed by atoms with Crippen molar-refractivity contribution in [2.75, 3.05) is 19.0 Å². The number of carbonyl (C=O) groups is 2. The van der Waals surface area contributed by atoms with Crippen molar-refractivity contribution in [2.24, 2.45) is 0 Å². The normalized spacial score (nSPS) is 11.2. The standard InChI is InChI=1S/C23H21BrN2O5S/c1-31-23(28)18-7-11-20(12-8-18)25-22(27)16-26(15-17-5-3-2-4-6-17)32(29,30)21-13-9-19(24)10-14-21/h2-14H,15-16H2,1H3,(H,25,27). The molecule has 0 radical (unpaired) electrons. The fourth-order valence-corrected chi connectivity index (χ4v) is 4.59. The predicted octanol–water partition coefficient (Wildman–Crippen LogP) is 4.07. The highest BCUT2D eigenvalue weighted by Gasteiger charge is 2.27. The van der Waals surface area contributed by atoms with Crippen molar-refractivity contribution in [1.29, 1.82) is 0 Å². The van der Waals surface area contributed by atoms with E-state index in [1.165, 1.54) is 31.4 Å². The lowest BCUT2D eigenvalue weighted by Crippen LogP contribution is -2.37. The van der Waals surface area contributed by atoms with E-state index in [0.717, 1.165) is 14.3 Å². The molecule has 1 amide bonds. The van der Waals surface area contributed by atoms with Crippen LogP contribution in [0.25, 0.3) is 0 Å². The summed E-state index contributed by atoms with van der Waals surface area (Å²) < 4.78 is 33.1. The van der Waals surface area contributed by atoms with Gasteiger partial charge < -0.3 is 10.1 Å². The lowest BCUT2D eigenvalue weighted by Gasteiger charge is -2.22. The molecule has 0 heterocycles. The van der Waals surface area contributed by atoms with Crippen LogP contribution < -0.4 is 5.32 Å². The third-order valence-corrected chi connectivity index (χ3v) is 6.90. The Bertz CT molecular complexity index is 1180. The first-order chi connectivity index (χ1) is 15.3. The van der Waals surface area contributed by atoms with Crippen molar-refractivity contribution in [3.63, 3.8) is 0 Å². The first-order valence-electron chi connectivity index (χ1n) is 9.57. The van der Waals surface area contributed by atoms with E-state index in [1.54, 1.807) is 36.4 Å². The Labute approximate surface area is 195 Å². The first kappa shape index (κ1) is 23.6. The fraction of sp³-hybridized carbons (Fsp3) is 0.130. The minimum absolute atomic E-state index is 0.0357. The molecule has 0 spiro atoms. The lowest BCUT2D eigenvalue weighted by atomic mass is 10.2. The maximum Gasteiger partial charge on any atom is 0.337 e. The number of rotatable bonds is 8. The summed E-state index contributed by atoms with van der Waals surface area (Å²) in [6.07, 6.45) is 0. The molecule has 0 aromatic heterocycles. The summed E-state index contributed by atoms with van der Waals surface area (Å²) in [4.78, 5) is 24.3. The lowest BCUT2D eigenvalue weighted by molar-refractivity contribution is -0.116. The average molecular weight is 517 g/mol. The first-order valence-corrected chi connectivity index (χ1v) is 11.8. The van der Waals surface area contributed by atoms with E-state index in [9.17, 15) is 18.0 Å². The number of hydrogen-bond donors (Lipinski definition) is 1. The second-order valence-corrected chi connectivity index (χ2v) is 9.68. The largest absolute Gasteiger partial charge is 0.465 e. The molecule has 3 aromatic rings. The number of benzene rings is 3. The number of hydrogen-bond acceptors (Lipinski definition) is 5. The smallest absolute Gasteiger partial charge is 0.337 e. The summed E-state index contributed by atoms with van der Waals surface area (Å²) in [5.41, 5.74) is 1.53. The van der Waals surface area contributed by atoms with Gasteiger partial charge in [-0.2, -0.15) is 4.31 Å². The van der Waals surface area contributed by atoms with Crippen LogP contribution in [0.15, 0.2) is 88.2 Å². The Morgan fingerprint density at radius 1 is 0.938 bits per heavy atom. The second kappa shape index (κ2) is 10.5. The molecular weight excluding hydrogens is 496 g/mol. The third-order valence-electron chi connectivity index (χ3n) is 4.56. The van der Waals surface area contributed by atoms with E-state index in [-0.39, 0.29) is 18.0 Å². The number of halogens is 1. The molecule has 0 aliphatic rings. The van der Waals surface area contributed by atoms with E-state index in [0.29, 0.717) is 11.3 Å². The van der Waals surface area contributed by atoms with Gasteiger partial charge in [-0.05, 0) is 54.1 Å². The zero-order valence-electron chi connectivity index (χ0n) is 17.2. The Morgan fingerprint density at radius 3 is 2.16 bits per heavy atom. The van der Waals surface area contributed by atoms with Crippen molar-refractivity contribution >= 4 is 43.5 Å². The maximum absolute atomic E-state index is 13.3. The molecule has 0 atom stereocenters. The fourth-order valence-electron chi connectivity index (χ4n) is 2.94. The van der Waals surface area contributed by atoms with Crippen LogP contribution in [0.1, 0.15) is 15.9 Å². The number of esters is 1. The highest BCUT2D eigenvalue weighted by atomic mass is 79.9. The SMILES string of the molecule is COC(=O)c1ccc(NC(=O)CN(Cc2ccccc2)S(=O)(=O)c2ccc(Br)cc2)cc1. The molecule has 32 heavy (non-hydrogen) atoms. The Morgan fingerprint density at radius 2 is 1.56 bits per heavy atom. The number of nitrogens with one attached hydrogen (secondary N) is 1. The van der Waals surface area contributed by atoms with Gasteiger partial charge in [-0.15, -0.1) is 0 Å². The predicted molar refractivity (Wildman–Crippen MR) is 125 cm³/mol. The van der Waals surface area contributed by atoms with Crippen LogP contribution in [-0.4, -0.2) is 38.3 Å². The van der Waals surface area contributed by atoms with Crippen LogP contribution in [0.2, 0.25) is 0 Å². The van der Waals surface area contributed by atoms with Gasteiger partial charge in [0, 0.05) is 16.7 Å². The number of methoxy groups -OCH3 is 1. The molecule has 9 heteroatoms. The van der Waals surface area contributed by atoms with Gasteiger partial charge in [0.25, 0.3) is 0 Å². The van der Waals surface area contributed by atoms with Gasteiger partial charge in [0.1, 0.15) is 0 Å². The van der Waals surface area contributed by atoms with E-state index < -0.39 is 21.9 Å². The third kappa shape index (κ3) is 6.03. The molecule has 0 unspecified atom stereocenters. The van der Waals surface area contributed by atoms with Gasteiger partial charge in [-0.25, -0.2) is 13.2 Å². The van der Waals surface area contributed by atoms with Crippen LogP contribution in [0.4, 0.5) is 5.69 Å². The van der Waals surface area contributed by atoms with Gasteiger partial charge in [0.2, 0.25) is 15.9 Å². The zero-order chi connectivity index (χ0) is 23.1. The monoisotopic (exact) mass is 516 g/mol. The number of anilines is 1.